The number of carbonyl (C=O) groups excluding carboxylic acids is 1. The number of carbonyl (C=O) groups is 1. The van der Waals surface area contributed by atoms with Crippen LogP contribution >= 0.6 is 11.9 Å². The second kappa shape index (κ2) is 12.8. The first-order valence-electron chi connectivity index (χ1n) is 13.0. The topological polar surface area (TPSA) is 89.1 Å². The standard InChI is InChI=1S/C29H28F3N5O4S/c1-39-24-10-6-9-23-25(24)26(35-27(34-23)40-2)42-37(22-7-4-3-5-8-22)28(38)33-21-16-19(15-20(17-21)29(30,31)32)18-36-11-13-41-14-12-36/h3-10,15-17H,11-14,18H2,1-2H3,(H,33,38). The zero-order valence-corrected chi connectivity index (χ0v) is 23.7. The summed E-state index contributed by atoms with van der Waals surface area (Å²) in [6.45, 7) is 2.53. The summed E-state index contributed by atoms with van der Waals surface area (Å²) in [4.78, 5) is 24.7. The molecule has 0 atom stereocenters. The fraction of sp³-hybridized carbons (Fsp3) is 0.276. The zero-order valence-electron chi connectivity index (χ0n) is 22.9. The number of alkyl halides is 3. The van der Waals surface area contributed by atoms with Crippen LogP contribution in [0.2, 0.25) is 0 Å². The van der Waals surface area contributed by atoms with E-state index in [2.05, 4.69) is 15.3 Å². The Morgan fingerprint density at radius 1 is 1.02 bits per heavy atom. The summed E-state index contributed by atoms with van der Waals surface area (Å²) in [6, 6.07) is 17.0. The molecule has 0 bridgehead atoms. The van der Waals surface area contributed by atoms with Gasteiger partial charge in [0.1, 0.15) is 10.8 Å². The quantitative estimate of drug-likeness (QED) is 0.188. The minimum atomic E-state index is -4.60. The fourth-order valence-corrected chi connectivity index (χ4v) is 5.44. The van der Waals surface area contributed by atoms with E-state index in [4.69, 9.17) is 14.2 Å². The molecule has 0 aliphatic carbocycles. The Hall–Kier alpha value is -4.07. The molecule has 1 aromatic heterocycles. The Bertz CT molecular complexity index is 1550. The van der Waals surface area contributed by atoms with Crippen molar-refractivity contribution in [3.05, 3.63) is 77.9 Å². The maximum absolute atomic E-state index is 13.9. The maximum atomic E-state index is 13.9. The van der Waals surface area contributed by atoms with Gasteiger partial charge >= 0.3 is 18.2 Å². The van der Waals surface area contributed by atoms with Gasteiger partial charge < -0.3 is 19.5 Å². The molecule has 1 aliphatic heterocycles. The van der Waals surface area contributed by atoms with Crippen LogP contribution in [0.1, 0.15) is 11.1 Å². The smallest absolute Gasteiger partial charge is 0.416 e. The minimum Gasteiger partial charge on any atom is -0.496 e. The van der Waals surface area contributed by atoms with Crippen LogP contribution in [0.15, 0.2) is 71.8 Å². The van der Waals surface area contributed by atoms with Gasteiger partial charge in [-0.25, -0.2) is 9.10 Å². The number of ether oxygens (including phenoxy) is 3. The van der Waals surface area contributed by atoms with E-state index in [1.165, 1.54) is 18.5 Å². The fourth-order valence-electron chi connectivity index (χ4n) is 4.50. The van der Waals surface area contributed by atoms with Gasteiger partial charge in [-0.3, -0.25) is 4.90 Å². The van der Waals surface area contributed by atoms with Crippen molar-refractivity contribution in [2.24, 2.45) is 0 Å². The number of urea groups is 1. The van der Waals surface area contributed by atoms with Gasteiger partial charge in [-0.05, 0) is 48.0 Å². The summed E-state index contributed by atoms with van der Waals surface area (Å²) < 4.78 is 59.1. The van der Waals surface area contributed by atoms with Crippen LogP contribution in [-0.2, 0) is 17.5 Å². The number of halogens is 3. The molecule has 13 heteroatoms. The van der Waals surface area contributed by atoms with Gasteiger partial charge in [-0.2, -0.15) is 23.1 Å². The molecular formula is C29H28F3N5O4S. The van der Waals surface area contributed by atoms with Crippen molar-refractivity contribution in [1.29, 1.82) is 0 Å². The maximum Gasteiger partial charge on any atom is 0.416 e. The molecule has 1 N–H and O–H groups in total. The summed E-state index contributed by atoms with van der Waals surface area (Å²) in [5.41, 5.74) is 0.599. The monoisotopic (exact) mass is 599 g/mol. The second-order valence-corrected chi connectivity index (χ2v) is 10.3. The molecule has 0 radical (unpaired) electrons. The molecule has 3 aromatic carbocycles. The predicted molar refractivity (Wildman–Crippen MR) is 154 cm³/mol. The Morgan fingerprint density at radius 2 is 1.79 bits per heavy atom. The molecule has 0 spiro atoms. The number of benzene rings is 3. The highest BCUT2D eigenvalue weighted by Gasteiger charge is 2.32. The number of nitrogens with one attached hydrogen (secondary N) is 1. The largest absolute Gasteiger partial charge is 0.496 e. The number of aromatic nitrogens is 2. The Balaban J connectivity index is 1.51. The molecule has 1 saturated heterocycles. The van der Waals surface area contributed by atoms with Crippen molar-refractivity contribution < 1.29 is 32.2 Å². The normalized spacial score (nSPS) is 14.0. The molecule has 9 nitrogen and oxygen atoms in total. The molecule has 2 amide bonds. The Morgan fingerprint density at radius 3 is 2.48 bits per heavy atom. The second-order valence-electron chi connectivity index (χ2n) is 9.33. The summed E-state index contributed by atoms with van der Waals surface area (Å²) in [5, 5.41) is 3.57. The first-order valence-corrected chi connectivity index (χ1v) is 13.8. The predicted octanol–water partition coefficient (Wildman–Crippen LogP) is 6.24. The van der Waals surface area contributed by atoms with Gasteiger partial charge in [-0.15, -0.1) is 0 Å². The number of nitrogens with zero attached hydrogens (tertiary/aromatic N) is 4. The van der Waals surface area contributed by atoms with E-state index >= 15 is 0 Å². The van der Waals surface area contributed by atoms with E-state index in [1.807, 2.05) is 4.90 Å². The first-order chi connectivity index (χ1) is 20.2. The molecule has 220 valence electrons. The number of fused-ring (bicyclic) bond motifs is 1. The van der Waals surface area contributed by atoms with Crippen molar-refractivity contribution in [2.75, 3.05) is 50.1 Å². The van der Waals surface area contributed by atoms with E-state index in [-0.39, 0.29) is 11.7 Å². The van der Waals surface area contributed by atoms with Crippen molar-refractivity contribution in [3.8, 4) is 11.8 Å². The van der Waals surface area contributed by atoms with Gasteiger partial charge in [0.15, 0.2) is 0 Å². The van der Waals surface area contributed by atoms with E-state index in [1.54, 1.807) is 54.6 Å². The van der Waals surface area contributed by atoms with Crippen LogP contribution in [0.4, 0.5) is 29.3 Å². The number of morpholine rings is 1. The number of amides is 2. The van der Waals surface area contributed by atoms with Gasteiger partial charge in [0.05, 0.1) is 49.6 Å². The third-order valence-corrected chi connectivity index (χ3v) is 7.50. The number of anilines is 2. The van der Waals surface area contributed by atoms with Crippen LogP contribution < -0.4 is 19.1 Å². The lowest BCUT2D eigenvalue weighted by molar-refractivity contribution is -0.137. The van der Waals surface area contributed by atoms with Crippen molar-refractivity contribution >= 4 is 40.3 Å². The van der Waals surface area contributed by atoms with Crippen LogP contribution in [0.3, 0.4) is 0 Å². The molecule has 0 unspecified atom stereocenters. The van der Waals surface area contributed by atoms with E-state index in [0.29, 0.717) is 65.8 Å². The van der Waals surface area contributed by atoms with Gasteiger partial charge in [0.2, 0.25) is 0 Å². The van der Waals surface area contributed by atoms with E-state index in [0.717, 1.165) is 24.1 Å². The minimum absolute atomic E-state index is 0.0160. The number of rotatable bonds is 8. The highest BCUT2D eigenvalue weighted by Crippen LogP contribution is 2.38. The van der Waals surface area contributed by atoms with Crippen LogP contribution in [0.25, 0.3) is 10.9 Å². The summed E-state index contributed by atoms with van der Waals surface area (Å²) >= 11 is 0.966. The van der Waals surface area contributed by atoms with E-state index in [9.17, 15) is 18.0 Å². The van der Waals surface area contributed by atoms with Crippen LogP contribution in [-0.4, -0.2) is 61.4 Å². The molecular weight excluding hydrogens is 571 g/mol. The van der Waals surface area contributed by atoms with Crippen molar-refractivity contribution in [3.63, 3.8) is 0 Å². The average Bonchev–Trinajstić information content (AvgIpc) is 2.99. The third kappa shape index (κ3) is 6.86. The summed E-state index contributed by atoms with van der Waals surface area (Å²) in [5.74, 6) is 0.483. The Kier molecular flexibility index (Phi) is 9.00. The Labute approximate surface area is 244 Å². The van der Waals surface area contributed by atoms with Gasteiger partial charge in [-0.1, -0.05) is 24.3 Å². The van der Waals surface area contributed by atoms with Crippen LogP contribution in [0, 0.1) is 0 Å². The highest BCUT2D eigenvalue weighted by molar-refractivity contribution is 8.01. The number of methoxy groups -OCH3 is 2. The third-order valence-electron chi connectivity index (χ3n) is 6.47. The number of para-hydroxylation sites is 1. The SMILES string of the molecule is COc1nc(SN(C(=O)Nc2cc(CN3CCOCC3)cc(C(F)(F)F)c2)c2ccccc2)c2c(OC)cccc2n1. The molecule has 0 saturated carbocycles. The summed E-state index contributed by atoms with van der Waals surface area (Å²) in [7, 11) is 2.94. The van der Waals surface area contributed by atoms with Gasteiger partial charge in [0.25, 0.3) is 0 Å². The lowest BCUT2D eigenvalue weighted by Crippen LogP contribution is -2.35. The number of hydrogen-bond acceptors (Lipinski definition) is 8. The highest BCUT2D eigenvalue weighted by atomic mass is 32.2. The average molecular weight is 600 g/mol. The number of hydrogen-bond donors (Lipinski definition) is 1. The molecule has 4 aromatic rings. The van der Waals surface area contributed by atoms with Crippen molar-refractivity contribution in [2.45, 2.75) is 17.7 Å². The van der Waals surface area contributed by atoms with Crippen LogP contribution in [0.5, 0.6) is 11.8 Å². The van der Waals surface area contributed by atoms with Gasteiger partial charge in [0, 0.05) is 37.3 Å². The first kappa shape index (κ1) is 29.4. The lowest BCUT2D eigenvalue weighted by Gasteiger charge is -2.27. The van der Waals surface area contributed by atoms with Crippen molar-refractivity contribution in [1.82, 2.24) is 14.9 Å². The molecule has 1 aliphatic rings. The molecule has 5 rings (SSSR count). The molecule has 1 fully saturated rings. The summed E-state index contributed by atoms with van der Waals surface area (Å²) in [6.07, 6.45) is -4.60. The van der Waals surface area contributed by atoms with E-state index < -0.39 is 17.8 Å². The zero-order chi connectivity index (χ0) is 29.7. The molecule has 42 heavy (non-hydrogen) atoms. The lowest BCUT2D eigenvalue weighted by atomic mass is 10.1. The molecule has 2 heterocycles.